The second-order valence-corrected chi connectivity index (χ2v) is 4.85. The molecule has 0 N–H and O–H groups in total. The van der Waals surface area contributed by atoms with Crippen LogP contribution in [-0.2, 0) is 19.1 Å². The number of carbonyl (C=O) groups excluding carboxylic acids is 2. The van der Waals surface area contributed by atoms with Gasteiger partial charge in [-0.2, -0.15) is 0 Å². The minimum atomic E-state index is -0.704. The second-order valence-electron chi connectivity index (χ2n) is 4.85. The van der Waals surface area contributed by atoms with Crippen molar-refractivity contribution < 1.29 is 19.1 Å². The molecule has 4 nitrogen and oxygen atoms in total. The van der Waals surface area contributed by atoms with Gasteiger partial charge in [0.05, 0.1) is 19.1 Å². The van der Waals surface area contributed by atoms with Crippen LogP contribution in [0, 0.1) is 0 Å². The first-order chi connectivity index (χ1) is 8.09. The summed E-state index contributed by atoms with van der Waals surface area (Å²) in [6.07, 6.45) is 4.78. The summed E-state index contributed by atoms with van der Waals surface area (Å²) >= 11 is 0. The molecule has 2 rings (SSSR count). The fraction of sp³-hybridized carbons (Fsp3) is 0.692. The van der Waals surface area contributed by atoms with Crippen LogP contribution in [0.2, 0.25) is 0 Å². The van der Waals surface area contributed by atoms with Crippen LogP contribution in [0.5, 0.6) is 0 Å². The van der Waals surface area contributed by atoms with Gasteiger partial charge in [0.2, 0.25) is 0 Å². The number of ether oxygens (including phenoxy) is 2. The number of esters is 2. The van der Waals surface area contributed by atoms with Crippen LogP contribution in [0.4, 0.5) is 0 Å². The fourth-order valence-corrected chi connectivity index (χ4v) is 2.94. The maximum atomic E-state index is 11.9. The fourth-order valence-electron chi connectivity index (χ4n) is 2.94. The van der Waals surface area contributed by atoms with Gasteiger partial charge in [0.1, 0.15) is 5.60 Å². The molecule has 1 heterocycles. The summed E-state index contributed by atoms with van der Waals surface area (Å²) < 4.78 is 10.4. The van der Waals surface area contributed by atoms with E-state index in [-0.39, 0.29) is 18.4 Å². The van der Waals surface area contributed by atoms with E-state index < -0.39 is 5.60 Å². The molecule has 0 aromatic heterocycles. The minimum absolute atomic E-state index is 0.201. The van der Waals surface area contributed by atoms with Crippen molar-refractivity contribution in [3.05, 3.63) is 11.1 Å². The van der Waals surface area contributed by atoms with Crippen LogP contribution >= 0.6 is 0 Å². The summed E-state index contributed by atoms with van der Waals surface area (Å²) in [5.74, 6) is -0.575. The molecule has 4 heteroatoms. The number of hydrogen-bond donors (Lipinski definition) is 0. The maximum Gasteiger partial charge on any atom is 0.337 e. The van der Waals surface area contributed by atoms with E-state index in [1.165, 1.54) is 7.11 Å². The zero-order valence-electron chi connectivity index (χ0n) is 10.4. The van der Waals surface area contributed by atoms with E-state index in [9.17, 15) is 9.59 Å². The Morgan fingerprint density at radius 1 is 1.29 bits per heavy atom. The van der Waals surface area contributed by atoms with Crippen molar-refractivity contribution >= 4 is 11.9 Å². The summed E-state index contributed by atoms with van der Waals surface area (Å²) in [5, 5.41) is 0. The summed E-state index contributed by atoms with van der Waals surface area (Å²) in [4.78, 5) is 23.5. The molecule has 2 aliphatic rings. The van der Waals surface area contributed by atoms with Crippen LogP contribution in [0.3, 0.4) is 0 Å². The highest BCUT2D eigenvalue weighted by Gasteiger charge is 2.47. The van der Waals surface area contributed by atoms with Gasteiger partial charge < -0.3 is 9.47 Å². The second kappa shape index (κ2) is 4.51. The SMILES string of the molecule is COC(=O)C1=C(C)CC(=O)OC12CCCCC2. The van der Waals surface area contributed by atoms with E-state index in [0.717, 1.165) is 37.7 Å². The van der Waals surface area contributed by atoms with Crippen molar-refractivity contribution in [2.24, 2.45) is 0 Å². The Bertz CT molecular complexity index is 375. The first-order valence-corrected chi connectivity index (χ1v) is 6.09. The molecule has 0 saturated heterocycles. The predicted octanol–water partition coefficient (Wildman–Crippen LogP) is 2.13. The van der Waals surface area contributed by atoms with Gasteiger partial charge in [0.15, 0.2) is 0 Å². The van der Waals surface area contributed by atoms with Gasteiger partial charge in [0, 0.05) is 0 Å². The van der Waals surface area contributed by atoms with Crippen LogP contribution in [0.25, 0.3) is 0 Å². The normalized spacial score (nSPS) is 23.5. The number of methoxy groups -OCH3 is 1. The summed E-state index contributed by atoms with van der Waals surface area (Å²) in [6, 6.07) is 0. The molecule has 1 spiro atoms. The van der Waals surface area contributed by atoms with Crippen molar-refractivity contribution in [2.75, 3.05) is 7.11 Å². The molecule has 1 saturated carbocycles. The van der Waals surface area contributed by atoms with Crippen molar-refractivity contribution in [1.82, 2.24) is 0 Å². The first-order valence-electron chi connectivity index (χ1n) is 6.09. The highest BCUT2D eigenvalue weighted by Crippen LogP contribution is 2.42. The van der Waals surface area contributed by atoms with E-state index in [1.807, 2.05) is 6.92 Å². The van der Waals surface area contributed by atoms with Gasteiger partial charge in [-0.25, -0.2) is 4.79 Å². The topological polar surface area (TPSA) is 52.6 Å². The van der Waals surface area contributed by atoms with Crippen LogP contribution in [0.15, 0.2) is 11.1 Å². The Hall–Kier alpha value is -1.32. The Kier molecular flexibility index (Phi) is 3.22. The lowest BCUT2D eigenvalue weighted by molar-refractivity contribution is -0.163. The largest absolute Gasteiger partial charge is 0.466 e. The molecule has 1 aliphatic carbocycles. The van der Waals surface area contributed by atoms with Crippen LogP contribution in [-0.4, -0.2) is 24.6 Å². The molecule has 0 aromatic carbocycles. The Morgan fingerprint density at radius 3 is 2.53 bits per heavy atom. The minimum Gasteiger partial charge on any atom is -0.466 e. The molecular formula is C13H18O4. The quantitative estimate of drug-likeness (QED) is 0.657. The maximum absolute atomic E-state index is 11.9. The standard InChI is InChI=1S/C13H18O4/c1-9-8-10(14)17-13(6-4-3-5-7-13)11(9)12(15)16-2/h3-8H2,1-2H3. The average molecular weight is 238 g/mol. The number of carbonyl (C=O) groups is 2. The highest BCUT2D eigenvalue weighted by molar-refractivity contribution is 5.94. The van der Waals surface area contributed by atoms with Gasteiger partial charge in [0.25, 0.3) is 0 Å². The first kappa shape index (κ1) is 12.1. The average Bonchev–Trinajstić information content (AvgIpc) is 2.28. The van der Waals surface area contributed by atoms with Gasteiger partial charge >= 0.3 is 11.9 Å². The molecular weight excluding hydrogens is 220 g/mol. The molecule has 0 bridgehead atoms. The van der Waals surface area contributed by atoms with E-state index >= 15 is 0 Å². The third-order valence-electron chi connectivity index (χ3n) is 3.65. The van der Waals surface area contributed by atoms with Crippen molar-refractivity contribution in [2.45, 2.75) is 51.0 Å². The smallest absolute Gasteiger partial charge is 0.337 e. The molecule has 0 atom stereocenters. The van der Waals surface area contributed by atoms with Crippen molar-refractivity contribution in [3.63, 3.8) is 0 Å². The lowest BCUT2D eigenvalue weighted by Gasteiger charge is -2.41. The van der Waals surface area contributed by atoms with Crippen LogP contribution < -0.4 is 0 Å². The zero-order valence-corrected chi connectivity index (χ0v) is 10.4. The van der Waals surface area contributed by atoms with Gasteiger partial charge in [-0.1, -0.05) is 6.42 Å². The third kappa shape index (κ3) is 2.08. The Balaban J connectivity index is 2.42. The molecule has 1 fully saturated rings. The van der Waals surface area contributed by atoms with E-state index in [4.69, 9.17) is 9.47 Å². The van der Waals surface area contributed by atoms with Gasteiger partial charge in [-0.3, -0.25) is 4.79 Å². The van der Waals surface area contributed by atoms with Crippen molar-refractivity contribution in [1.29, 1.82) is 0 Å². The molecule has 0 radical (unpaired) electrons. The summed E-state index contributed by atoms with van der Waals surface area (Å²) in [6.45, 7) is 1.82. The summed E-state index contributed by atoms with van der Waals surface area (Å²) in [7, 11) is 1.37. The summed E-state index contributed by atoms with van der Waals surface area (Å²) in [5.41, 5.74) is 0.680. The molecule has 0 amide bonds. The number of rotatable bonds is 1. The molecule has 0 unspecified atom stereocenters. The lowest BCUT2D eigenvalue weighted by atomic mass is 9.75. The lowest BCUT2D eigenvalue weighted by Crippen LogP contribution is -2.45. The van der Waals surface area contributed by atoms with E-state index in [1.54, 1.807) is 0 Å². The number of hydrogen-bond acceptors (Lipinski definition) is 4. The van der Waals surface area contributed by atoms with E-state index in [0.29, 0.717) is 5.57 Å². The molecule has 94 valence electrons. The molecule has 1 aliphatic heterocycles. The van der Waals surface area contributed by atoms with Gasteiger partial charge in [-0.15, -0.1) is 0 Å². The van der Waals surface area contributed by atoms with Crippen molar-refractivity contribution in [3.8, 4) is 0 Å². The van der Waals surface area contributed by atoms with Crippen LogP contribution in [0.1, 0.15) is 45.4 Å². The monoisotopic (exact) mass is 238 g/mol. The predicted molar refractivity (Wildman–Crippen MR) is 61.2 cm³/mol. The highest BCUT2D eigenvalue weighted by atomic mass is 16.6. The Morgan fingerprint density at radius 2 is 1.94 bits per heavy atom. The van der Waals surface area contributed by atoms with E-state index in [2.05, 4.69) is 0 Å². The molecule has 17 heavy (non-hydrogen) atoms. The zero-order chi connectivity index (χ0) is 12.5. The molecule has 0 aromatic rings. The third-order valence-corrected chi connectivity index (χ3v) is 3.65. The van der Waals surface area contributed by atoms with Gasteiger partial charge in [-0.05, 0) is 38.2 Å². The Labute approximate surface area is 101 Å².